The monoisotopic (exact) mass is 223 g/mol. The normalized spacial score (nSPS) is 15.8. The SMILES string of the molecule is CCCCP(=O)([O-])C(OCC)OCC. The lowest BCUT2D eigenvalue weighted by atomic mass is 10.4. The van der Waals surface area contributed by atoms with E-state index in [1.54, 1.807) is 13.8 Å². The molecular formula is C9H20O4P-. The van der Waals surface area contributed by atoms with Gasteiger partial charge in [0, 0.05) is 13.2 Å². The Morgan fingerprint density at radius 3 is 2.07 bits per heavy atom. The van der Waals surface area contributed by atoms with E-state index >= 15 is 0 Å². The molecule has 0 aromatic rings. The predicted molar refractivity (Wildman–Crippen MR) is 54.4 cm³/mol. The van der Waals surface area contributed by atoms with Crippen LogP contribution in [0.5, 0.6) is 0 Å². The molecule has 0 radical (unpaired) electrons. The molecule has 4 nitrogen and oxygen atoms in total. The lowest BCUT2D eigenvalue weighted by Gasteiger charge is -2.31. The molecule has 0 heterocycles. The molecule has 0 aliphatic heterocycles. The van der Waals surface area contributed by atoms with E-state index in [4.69, 9.17) is 9.47 Å². The molecule has 1 atom stereocenters. The van der Waals surface area contributed by atoms with Gasteiger partial charge in [-0.2, -0.15) is 0 Å². The minimum atomic E-state index is -3.55. The topological polar surface area (TPSA) is 58.6 Å². The van der Waals surface area contributed by atoms with Crippen LogP contribution in [0.15, 0.2) is 0 Å². The van der Waals surface area contributed by atoms with Crippen molar-refractivity contribution in [2.75, 3.05) is 19.4 Å². The molecule has 0 spiro atoms. The highest BCUT2D eigenvalue weighted by molar-refractivity contribution is 7.56. The third kappa shape index (κ3) is 5.11. The van der Waals surface area contributed by atoms with E-state index in [0.717, 1.165) is 6.42 Å². The third-order valence-corrected chi connectivity index (χ3v) is 3.64. The maximum atomic E-state index is 11.6. The highest BCUT2D eigenvalue weighted by Crippen LogP contribution is 2.43. The van der Waals surface area contributed by atoms with Crippen LogP contribution in [0.4, 0.5) is 0 Å². The Labute approximate surface area is 86.1 Å². The Morgan fingerprint density at radius 1 is 1.21 bits per heavy atom. The number of unbranched alkanes of at least 4 members (excludes halogenated alkanes) is 1. The molecule has 0 aromatic heterocycles. The Hall–Kier alpha value is 0.110. The van der Waals surface area contributed by atoms with Crippen molar-refractivity contribution in [2.24, 2.45) is 0 Å². The number of hydrogen-bond donors (Lipinski definition) is 0. The molecule has 0 aliphatic carbocycles. The standard InChI is InChI=1S/C9H21O4P/c1-4-7-8-14(10,11)9(12-5-2)13-6-3/h9H,4-8H2,1-3H3,(H,10,11)/p-1. The van der Waals surface area contributed by atoms with E-state index in [0.29, 0.717) is 19.6 Å². The fourth-order valence-electron chi connectivity index (χ4n) is 1.04. The highest BCUT2D eigenvalue weighted by Gasteiger charge is 2.22. The number of ether oxygens (including phenoxy) is 2. The van der Waals surface area contributed by atoms with Crippen LogP contribution in [-0.2, 0) is 14.0 Å². The highest BCUT2D eigenvalue weighted by atomic mass is 31.2. The summed E-state index contributed by atoms with van der Waals surface area (Å²) in [4.78, 5) is 11.6. The molecule has 0 saturated carbocycles. The Morgan fingerprint density at radius 2 is 1.71 bits per heavy atom. The minimum absolute atomic E-state index is 0.161. The van der Waals surface area contributed by atoms with Crippen LogP contribution >= 0.6 is 7.37 Å². The molecule has 14 heavy (non-hydrogen) atoms. The van der Waals surface area contributed by atoms with Gasteiger partial charge in [0.05, 0.1) is 7.37 Å². The van der Waals surface area contributed by atoms with E-state index in [1.165, 1.54) is 0 Å². The van der Waals surface area contributed by atoms with Gasteiger partial charge >= 0.3 is 0 Å². The van der Waals surface area contributed by atoms with Crippen LogP contribution in [0.2, 0.25) is 0 Å². The van der Waals surface area contributed by atoms with Gasteiger partial charge in [-0.05, 0) is 26.4 Å². The number of hydrogen-bond acceptors (Lipinski definition) is 4. The minimum Gasteiger partial charge on any atom is -0.796 e. The van der Waals surface area contributed by atoms with Gasteiger partial charge < -0.3 is 18.9 Å². The molecule has 86 valence electrons. The number of rotatable bonds is 8. The molecule has 0 fully saturated rings. The second-order valence-electron chi connectivity index (χ2n) is 3.02. The Kier molecular flexibility index (Phi) is 7.47. The van der Waals surface area contributed by atoms with Gasteiger partial charge in [0.15, 0.2) is 6.03 Å². The smallest absolute Gasteiger partial charge is 0.197 e. The summed E-state index contributed by atoms with van der Waals surface area (Å²) in [7, 11) is -3.55. The van der Waals surface area contributed by atoms with Gasteiger partial charge in [-0.15, -0.1) is 0 Å². The molecule has 0 aliphatic rings. The average Bonchev–Trinajstić information content (AvgIpc) is 2.14. The Bertz CT molecular complexity index is 178. The predicted octanol–water partition coefficient (Wildman–Crippen LogP) is 1.78. The van der Waals surface area contributed by atoms with E-state index in [9.17, 15) is 9.46 Å². The van der Waals surface area contributed by atoms with Crippen molar-refractivity contribution in [1.29, 1.82) is 0 Å². The van der Waals surface area contributed by atoms with Crippen LogP contribution in [-0.4, -0.2) is 25.4 Å². The van der Waals surface area contributed by atoms with Gasteiger partial charge in [-0.1, -0.05) is 13.3 Å². The maximum absolute atomic E-state index is 11.6. The zero-order chi connectivity index (χ0) is 11.0. The molecule has 1 unspecified atom stereocenters. The van der Waals surface area contributed by atoms with E-state index in [2.05, 4.69) is 0 Å². The van der Waals surface area contributed by atoms with Gasteiger partial charge in [0.25, 0.3) is 0 Å². The van der Waals surface area contributed by atoms with Crippen molar-refractivity contribution >= 4 is 7.37 Å². The zero-order valence-electron chi connectivity index (χ0n) is 9.19. The van der Waals surface area contributed by atoms with E-state index in [-0.39, 0.29) is 6.16 Å². The average molecular weight is 223 g/mol. The Balaban J connectivity index is 4.21. The lowest BCUT2D eigenvalue weighted by molar-refractivity contribution is -0.208. The quantitative estimate of drug-likeness (QED) is 0.465. The molecular weight excluding hydrogens is 203 g/mol. The van der Waals surface area contributed by atoms with Gasteiger partial charge in [-0.3, -0.25) is 0 Å². The summed E-state index contributed by atoms with van der Waals surface area (Å²) in [5.41, 5.74) is 0. The summed E-state index contributed by atoms with van der Waals surface area (Å²) in [6.07, 6.45) is 1.68. The van der Waals surface area contributed by atoms with Crippen LogP contribution in [0, 0.1) is 0 Å². The molecule has 0 saturated heterocycles. The summed E-state index contributed by atoms with van der Waals surface area (Å²) in [5.74, 6) is 0. The van der Waals surface area contributed by atoms with Gasteiger partial charge in [0.1, 0.15) is 0 Å². The van der Waals surface area contributed by atoms with Crippen LogP contribution in [0.3, 0.4) is 0 Å². The van der Waals surface area contributed by atoms with Gasteiger partial charge in [-0.25, -0.2) is 0 Å². The van der Waals surface area contributed by atoms with Gasteiger partial charge in [0.2, 0.25) is 0 Å². The summed E-state index contributed by atoms with van der Waals surface area (Å²) in [5, 5.41) is 0. The first-order valence-corrected chi connectivity index (χ1v) is 6.99. The van der Waals surface area contributed by atoms with Crippen molar-refractivity contribution in [3.8, 4) is 0 Å². The first-order valence-electron chi connectivity index (χ1n) is 5.11. The first kappa shape index (κ1) is 14.1. The van der Waals surface area contributed by atoms with E-state index in [1.807, 2.05) is 6.92 Å². The summed E-state index contributed by atoms with van der Waals surface area (Å²) < 4.78 is 21.7. The largest absolute Gasteiger partial charge is 0.796 e. The van der Waals surface area contributed by atoms with Crippen LogP contribution in [0.1, 0.15) is 33.6 Å². The second-order valence-corrected chi connectivity index (χ2v) is 5.34. The maximum Gasteiger partial charge on any atom is 0.197 e. The lowest BCUT2D eigenvalue weighted by Crippen LogP contribution is -2.25. The first-order chi connectivity index (χ1) is 6.58. The zero-order valence-corrected chi connectivity index (χ0v) is 10.1. The fraction of sp³-hybridized carbons (Fsp3) is 1.00. The third-order valence-electron chi connectivity index (χ3n) is 1.76. The van der Waals surface area contributed by atoms with Crippen molar-refractivity contribution in [3.63, 3.8) is 0 Å². The second kappa shape index (κ2) is 7.41. The van der Waals surface area contributed by atoms with Crippen molar-refractivity contribution in [2.45, 2.75) is 39.6 Å². The molecule has 0 bridgehead atoms. The summed E-state index contributed by atoms with van der Waals surface area (Å²) in [6, 6.07) is -1.05. The molecule has 0 aromatic carbocycles. The molecule has 0 amide bonds. The fourth-order valence-corrected chi connectivity index (χ4v) is 2.76. The van der Waals surface area contributed by atoms with Crippen LogP contribution < -0.4 is 4.89 Å². The molecule has 5 heteroatoms. The van der Waals surface area contributed by atoms with Crippen LogP contribution in [0.25, 0.3) is 0 Å². The summed E-state index contributed by atoms with van der Waals surface area (Å²) in [6.45, 7) is 6.17. The van der Waals surface area contributed by atoms with E-state index < -0.39 is 13.4 Å². The van der Waals surface area contributed by atoms with Crippen molar-refractivity contribution < 1.29 is 18.9 Å². The van der Waals surface area contributed by atoms with Crippen molar-refractivity contribution in [3.05, 3.63) is 0 Å². The molecule has 0 rings (SSSR count). The molecule has 0 N–H and O–H groups in total. The summed E-state index contributed by atoms with van der Waals surface area (Å²) >= 11 is 0. The van der Waals surface area contributed by atoms with Crippen molar-refractivity contribution in [1.82, 2.24) is 0 Å².